The zero-order valence-electron chi connectivity index (χ0n) is 14.7. The molecule has 6 nitrogen and oxygen atoms in total. The van der Waals surface area contributed by atoms with Crippen molar-refractivity contribution >= 4 is 5.91 Å². The first-order chi connectivity index (χ1) is 12.2. The number of likely N-dealkylation sites (tertiary alicyclic amines) is 2. The summed E-state index contributed by atoms with van der Waals surface area (Å²) in [5.74, 6) is 2.22. The molecule has 0 aromatic carbocycles. The minimum absolute atomic E-state index is 0.0890. The highest BCUT2D eigenvalue weighted by Gasteiger charge is 2.36. The van der Waals surface area contributed by atoms with Gasteiger partial charge in [0.1, 0.15) is 17.2 Å². The Morgan fingerprint density at radius 3 is 2.80 bits per heavy atom. The second kappa shape index (κ2) is 7.04. The molecule has 4 heterocycles. The van der Waals surface area contributed by atoms with Crippen molar-refractivity contribution in [3.63, 3.8) is 0 Å². The predicted molar refractivity (Wildman–Crippen MR) is 91.6 cm³/mol. The topological polar surface area (TPSA) is 62.7 Å². The Kier molecular flexibility index (Phi) is 4.61. The maximum Gasteiger partial charge on any atom is 0.226 e. The smallest absolute Gasteiger partial charge is 0.226 e. The summed E-state index contributed by atoms with van der Waals surface area (Å²) >= 11 is 0. The van der Waals surface area contributed by atoms with Gasteiger partial charge in [-0.3, -0.25) is 9.69 Å². The molecule has 0 radical (unpaired) electrons. The highest BCUT2D eigenvalue weighted by Crippen LogP contribution is 2.34. The summed E-state index contributed by atoms with van der Waals surface area (Å²) in [5.41, 5.74) is 0.901. The van der Waals surface area contributed by atoms with E-state index in [0.717, 1.165) is 69.1 Å². The zero-order valence-corrected chi connectivity index (χ0v) is 14.7. The third-order valence-electron chi connectivity index (χ3n) is 5.42. The summed E-state index contributed by atoms with van der Waals surface area (Å²) in [7, 11) is 0. The van der Waals surface area contributed by atoms with Crippen molar-refractivity contribution in [2.45, 2.75) is 45.2 Å². The maximum atomic E-state index is 13.0. The fraction of sp³-hybridized carbons (Fsp3) is 0.579. The number of aromatic nitrogens is 1. The summed E-state index contributed by atoms with van der Waals surface area (Å²) in [6.45, 7) is 5.45. The molecule has 2 saturated heterocycles. The third kappa shape index (κ3) is 3.49. The van der Waals surface area contributed by atoms with Gasteiger partial charge >= 0.3 is 0 Å². The number of furan rings is 1. The van der Waals surface area contributed by atoms with Crippen LogP contribution < -0.4 is 0 Å². The number of carbonyl (C=O) groups is 1. The van der Waals surface area contributed by atoms with Gasteiger partial charge in [0, 0.05) is 18.5 Å². The van der Waals surface area contributed by atoms with Crippen LogP contribution in [0.5, 0.6) is 0 Å². The number of hydrogen-bond acceptors (Lipinski definition) is 5. The predicted octanol–water partition coefficient (Wildman–Crippen LogP) is 3.15. The summed E-state index contributed by atoms with van der Waals surface area (Å²) in [5, 5.41) is 4.14. The van der Waals surface area contributed by atoms with E-state index < -0.39 is 0 Å². The van der Waals surface area contributed by atoms with Gasteiger partial charge in [-0.15, -0.1) is 0 Å². The molecule has 2 aliphatic rings. The van der Waals surface area contributed by atoms with E-state index >= 15 is 0 Å². The van der Waals surface area contributed by atoms with E-state index in [0.29, 0.717) is 5.91 Å². The first-order valence-electron chi connectivity index (χ1n) is 9.19. The van der Waals surface area contributed by atoms with Crippen molar-refractivity contribution in [2.24, 2.45) is 5.92 Å². The molecule has 0 unspecified atom stereocenters. The lowest BCUT2D eigenvalue weighted by Gasteiger charge is -2.34. The highest BCUT2D eigenvalue weighted by atomic mass is 16.5. The molecule has 1 amide bonds. The lowest BCUT2D eigenvalue weighted by atomic mass is 9.94. The van der Waals surface area contributed by atoms with Crippen LogP contribution in [0.15, 0.2) is 33.4 Å². The molecule has 2 fully saturated rings. The van der Waals surface area contributed by atoms with Crippen LogP contribution in [0, 0.1) is 12.8 Å². The van der Waals surface area contributed by atoms with Crippen LogP contribution in [0.2, 0.25) is 0 Å². The van der Waals surface area contributed by atoms with Crippen molar-refractivity contribution in [3.8, 4) is 0 Å². The molecule has 0 aliphatic carbocycles. The van der Waals surface area contributed by atoms with Crippen LogP contribution in [0.4, 0.5) is 0 Å². The number of carbonyl (C=O) groups excluding carboxylic acids is 1. The van der Waals surface area contributed by atoms with Gasteiger partial charge in [-0.1, -0.05) is 5.16 Å². The molecule has 25 heavy (non-hydrogen) atoms. The van der Waals surface area contributed by atoms with Gasteiger partial charge in [-0.2, -0.15) is 0 Å². The standard InChI is InChI=1S/C19H25N3O3/c1-14-12-17(20-25-14)18-5-2-8-22(18)19(23)15-6-9-21(10-7-15)13-16-4-3-11-24-16/h3-4,11-12,15,18H,2,5-10,13H2,1H3/t18-/m1/s1. The van der Waals surface area contributed by atoms with E-state index in [1.165, 1.54) is 0 Å². The van der Waals surface area contributed by atoms with E-state index in [4.69, 9.17) is 8.94 Å². The molecule has 2 aromatic rings. The summed E-state index contributed by atoms with van der Waals surface area (Å²) in [4.78, 5) is 17.4. The number of aryl methyl sites for hydroxylation is 1. The Bertz CT molecular complexity index is 701. The Hall–Kier alpha value is -2.08. The molecule has 0 spiro atoms. The van der Waals surface area contributed by atoms with Gasteiger partial charge in [0.15, 0.2) is 0 Å². The van der Waals surface area contributed by atoms with E-state index in [-0.39, 0.29) is 12.0 Å². The normalized spacial score (nSPS) is 22.6. The van der Waals surface area contributed by atoms with Gasteiger partial charge in [0.25, 0.3) is 0 Å². The first kappa shape index (κ1) is 16.4. The Morgan fingerprint density at radius 2 is 2.12 bits per heavy atom. The lowest BCUT2D eigenvalue weighted by Crippen LogP contribution is -2.42. The van der Waals surface area contributed by atoms with Crippen LogP contribution in [0.25, 0.3) is 0 Å². The van der Waals surface area contributed by atoms with E-state index in [1.54, 1.807) is 6.26 Å². The molecule has 2 aromatic heterocycles. The van der Waals surface area contributed by atoms with Crippen LogP contribution in [0.1, 0.15) is 48.9 Å². The molecule has 4 rings (SSSR count). The van der Waals surface area contributed by atoms with Crippen LogP contribution in [-0.4, -0.2) is 40.5 Å². The molecule has 0 bridgehead atoms. The number of amides is 1. The second-order valence-corrected chi connectivity index (χ2v) is 7.18. The average Bonchev–Trinajstić information content (AvgIpc) is 3.36. The number of piperidine rings is 1. The lowest BCUT2D eigenvalue weighted by molar-refractivity contribution is -0.138. The monoisotopic (exact) mass is 343 g/mol. The summed E-state index contributed by atoms with van der Waals surface area (Å²) in [6.07, 6.45) is 5.57. The fourth-order valence-electron chi connectivity index (χ4n) is 4.08. The van der Waals surface area contributed by atoms with Crippen molar-refractivity contribution in [2.75, 3.05) is 19.6 Å². The quantitative estimate of drug-likeness (QED) is 0.853. The molecule has 1 atom stereocenters. The first-order valence-corrected chi connectivity index (χ1v) is 9.19. The molecule has 0 saturated carbocycles. The number of nitrogens with zero attached hydrogens (tertiary/aromatic N) is 3. The van der Waals surface area contributed by atoms with Gasteiger partial charge < -0.3 is 13.8 Å². The van der Waals surface area contributed by atoms with Gasteiger partial charge in [-0.05, 0) is 57.8 Å². The molecular weight excluding hydrogens is 318 g/mol. The van der Waals surface area contributed by atoms with Gasteiger partial charge in [0.2, 0.25) is 5.91 Å². The van der Waals surface area contributed by atoms with Crippen LogP contribution in [-0.2, 0) is 11.3 Å². The minimum Gasteiger partial charge on any atom is -0.468 e. The second-order valence-electron chi connectivity index (χ2n) is 7.18. The molecule has 6 heteroatoms. The minimum atomic E-state index is 0.0890. The van der Waals surface area contributed by atoms with Gasteiger partial charge in [-0.25, -0.2) is 0 Å². The molecule has 134 valence electrons. The molecule has 0 N–H and O–H groups in total. The van der Waals surface area contributed by atoms with E-state index in [2.05, 4.69) is 10.1 Å². The van der Waals surface area contributed by atoms with E-state index in [1.807, 2.05) is 30.0 Å². The Labute approximate surface area is 147 Å². The average molecular weight is 343 g/mol. The Morgan fingerprint density at radius 1 is 1.28 bits per heavy atom. The van der Waals surface area contributed by atoms with Crippen molar-refractivity contribution in [1.29, 1.82) is 0 Å². The van der Waals surface area contributed by atoms with Crippen molar-refractivity contribution in [3.05, 3.63) is 41.7 Å². The highest BCUT2D eigenvalue weighted by molar-refractivity contribution is 5.79. The largest absolute Gasteiger partial charge is 0.468 e. The summed E-state index contributed by atoms with van der Waals surface area (Å²) in [6, 6.07) is 5.98. The number of hydrogen-bond donors (Lipinski definition) is 0. The van der Waals surface area contributed by atoms with Crippen molar-refractivity contribution in [1.82, 2.24) is 15.0 Å². The molecular formula is C19H25N3O3. The zero-order chi connectivity index (χ0) is 17.2. The van der Waals surface area contributed by atoms with Crippen LogP contribution in [0.3, 0.4) is 0 Å². The van der Waals surface area contributed by atoms with E-state index in [9.17, 15) is 4.79 Å². The third-order valence-corrected chi connectivity index (χ3v) is 5.42. The van der Waals surface area contributed by atoms with Gasteiger partial charge in [0.05, 0.1) is 18.8 Å². The summed E-state index contributed by atoms with van der Waals surface area (Å²) < 4.78 is 10.6. The fourth-order valence-corrected chi connectivity index (χ4v) is 4.08. The maximum absolute atomic E-state index is 13.0. The van der Waals surface area contributed by atoms with Crippen molar-refractivity contribution < 1.29 is 13.7 Å². The SMILES string of the molecule is Cc1cc([C@H]2CCCN2C(=O)C2CCN(Cc3ccco3)CC2)no1. The number of rotatable bonds is 4. The molecule has 2 aliphatic heterocycles. The Balaban J connectivity index is 1.35. The van der Waals surface area contributed by atoms with Crippen LogP contribution >= 0.6 is 0 Å².